The van der Waals surface area contributed by atoms with Crippen LogP contribution in [0.5, 0.6) is 0 Å². The molecule has 0 bridgehead atoms. The van der Waals surface area contributed by atoms with Gasteiger partial charge in [0.05, 0.1) is 0 Å². The van der Waals surface area contributed by atoms with Crippen LogP contribution in [0.15, 0.2) is 116 Å². The molecule has 0 unspecified atom stereocenters. The smallest absolute Gasteiger partial charge is 0.143 e. The highest BCUT2D eigenvalue weighted by Crippen LogP contribution is 2.40. The van der Waals surface area contributed by atoms with Crippen molar-refractivity contribution in [2.45, 2.75) is 7.43 Å². The Morgan fingerprint density at radius 2 is 0.912 bits per heavy atom. The van der Waals surface area contributed by atoms with Gasteiger partial charge in [-0.3, -0.25) is 0 Å². The maximum absolute atomic E-state index is 6.30. The molecule has 0 amide bonds. The predicted octanol–water partition coefficient (Wildman–Crippen LogP) is 10.2. The summed E-state index contributed by atoms with van der Waals surface area (Å²) in [5.41, 5.74) is 7.96. The lowest BCUT2D eigenvalue weighted by Gasteiger charge is -2.09. The second-order valence-electron chi connectivity index (χ2n) is 8.29. The Bertz CT molecular complexity index is 1710. The molecule has 0 saturated carbocycles. The third-order valence-electron chi connectivity index (χ3n) is 6.33. The van der Waals surface area contributed by atoms with Gasteiger partial charge in [-0.2, -0.15) is 0 Å². The van der Waals surface area contributed by atoms with Gasteiger partial charge >= 0.3 is 0 Å². The van der Waals surface area contributed by atoms with Crippen LogP contribution < -0.4 is 0 Å². The fourth-order valence-electron chi connectivity index (χ4n) is 4.85. The average Bonchev–Trinajstić information content (AvgIpc) is 3.42. The Hall–Kier alpha value is -3.82. The van der Waals surface area contributed by atoms with E-state index >= 15 is 0 Å². The van der Waals surface area contributed by atoms with E-state index in [0.29, 0.717) is 0 Å². The number of rotatable bonds is 2. The van der Waals surface area contributed by atoms with E-state index in [1.54, 1.807) is 0 Å². The number of fused-ring (bicyclic) bond motifs is 6. The second-order valence-corrected chi connectivity index (χ2v) is 9.21. The van der Waals surface area contributed by atoms with Crippen molar-refractivity contribution in [3.8, 4) is 22.3 Å². The van der Waals surface area contributed by atoms with Crippen LogP contribution in [0.3, 0.4) is 0 Å². The Morgan fingerprint density at radius 3 is 1.41 bits per heavy atom. The zero-order valence-electron chi connectivity index (χ0n) is 17.5. The maximum atomic E-state index is 6.30. The molecule has 0 N–H and O–H groups in total. The lowest BCUT2D eigenvalue weighted by Crippen LogP contribution is -1.84. The molecule has 7 aromatic rings. The van der Waals surface area contributed by atoms with Crippen LogP contribution in [-0.4, -0.2) is 0 Å². The minimum atomic E-state index is 0. The van der Waals surface area contributed by atoms with E-state index in [9.17, 15) is 0 Å². The molecule has 0 aliphatic rings. The first-order chi connectivity index (χ1) is 16.3. The normalized spacial score (nSPS) is 11.4. The van der Waals surface area contributed by atoms with Gasteiger partial charge in [0.15, 0.2) is 0 Å². The van der Waals surface area contributed by atoms with Gasteiger partial charge in [0.2, 0.25) is 0 Å². The number of hydrogen-bond donors (Lipinski definition) is 0. The molecule has 0 aliphatic carbocycles. The predicted molar refractivity (Wildman–Crippen MR) is 146 cm³/mol. The van der Waals surface area contributed by atoms with E-state index in [4.69, 9.17) is 8.83 Å². The van der Waals surface area contributed by atoms with Crippen molar-refractivity contribution >= 4 is 59.8 Å². The van der Waals surface area contributed by atoms with Crippen LogP contribution in [0.4, 0.5) is 0 Å². The van der Waals surface area contributed by atoms with E-state index in [1.165, 1.54) is 0 Å². The van der Waals surface area contributed by atoms with E-state index in [0.717, 1.165) is 70.6 Å². The fourth-order valence-corrected chi connectivity index (χ4v) is 5.34. The summed E-state index contributed by atoms with van der Waals surface area (Å²) < 4.78 is 13.6. The zero-order chi connectivity index (χ0) is 21.9. The van der Waals surface area contributed by atoms with E-state index < -0.39 is 0 Å². The molecule has 5 aromatic carbocycles. The molecule has 2 aromatic heterocycles. The van der Waals surface area contributed by atoms with Gasteiger partial charge in [-0.15, -0.1) is 0 Å². The molecule has 3 heteroatoms. The van der Waals surface area contributed by atoms with Gasteiger partial charge in [0.1, 0.15) is 22.3 Å². The number of benzene rings is 5. The molecule has 0 aliphatic heterocycles. The SMILES string of the molecule is Brc1cc(-c2cccc3c2oc2ccccc23)cc(-c2cccc3c2oc2ccccc23)c1.C. The van der Waals surface area contributed by atoms with Gasteiger partial charge in [0, 0.05) is 37.1 Å². The van der Waals surface area contributed by atoms with Crippen molar-refractivity contribution in [1.82, 2.24) is 0 Å². The monoisotopic (exact) mass is 504 g/mol. The van der Waals surface area contributed by atoms with Crippen LogP contribution in [0, 0.1) is 0 Å². The lowest BCUT2D eigenvalue weighted by molar-refractivity contribution is 0.670. The molecular weight excluding hydrogens is 484 g/mol. The van der Waals surface area contributed by atoms with E-state index in [1.807, 2.05) is 24.3 Å². The van der Waals surface area contributed by atoms with Crippen molar-refractivity contribution < 1.29 is 8.83 Å². The van der Waals surface area contributed by atoms with Crippen molar-refractivity contribution in [3.63, 3.8) is 0 Å². The van der Waals surface area contributed by atoms with E-state index in [2.05, 4.69) is 94.8 Å². The molecule has 2 nitrogen and oxygen atoms in total. The van der Waals surface area contributed by atoms with Crippen molar-refractivity contribution in [2.75, 3.05) is 0 Å². The first-order valence-corrected chi connectivity index (χ1v) is 11.7. The lowest BCUT2D eigenvalue weighted by atomic mass is 9.96. The average molecular weight is 505 g/mol. The highest BCUT2D eigenvalue weighted by molar-refractivity contribution is 9.10. The first-order valence-electron chi connectivity index (χ1n) is 10.9. The first kappa shape index (κ1) is 20.8. The van der Waals surface area contributed by atoms with Crippen LogP contribution in [0.2, 0.25) is 0 Å². The molecule has 164 valence electrons. The molecular formula is C31H21BrO2. The van der Waals surface area contributed by atoms with Gasteiger partial charge in [-0.25, -0.2) is 0 Å². The standard InChI is InChI=1S/C30H17BrO2.CH4/c31-20-16-18(21-9-5-11-25-23-7-1-3-13-27(23)32-29(21)25)15-19(17-20)22-10-6-12-26-24-8-2-4-14-28(24)33-30(22)26;/h1-17H;1H4. The summed E-state index contributed by atoms with van der Waals surface area (Å²) >= 11 is 3.74. The van der Waals surface area contributed by atoms with E-state index in [-0.39, 0.29) is 7.43 Å². The van der Waals surface area contributed by atoms with Crippen LogP contribution >= 0.6 is 15.9 Å². The molecule has 0 radical (unpaired) electrons. The van der Waals surface area contributed by atoms with Gasteiger partial charge in [-0.1, -0.05) is 96.2 Å². The maximum Gasteiger partial charge on any atom is 0.143 e. The fraction of sp³-hybridized carbons (Fsp3) is 0.0323. The Kier molecular flexibility index (Phi) is 4.82. The number of hydrogen-bond acceptors (Lipinski definition) is 2. The molecule has 0 saturated heterocycles. The molecule has 0 fully saturated rings. The number of halogens is 1. The molecule has 7 rings (SSSR count). The number of furan rings is 2. The van der Waals surface area contributed by atoms with Gasteiger partial charge < -0.3 is 8.83 Å². The summed E-state index contributed by atoms with van der Waals surface area (Å²) in [6.07, 6.45) is 0. The highest BCUT2D eigenvalue weighted by atomic mass is 79.9. The van der Waals surface area contributed by atoms with Crippen molar-refractivity contribution in [3.05, 3.63) is 108 Å². The molecule has 0 atom stereocenters. The molecule has 34 heavy (non-hydrogen) atoms. The van der Waals surface area contributed by atoms with Crippen LogP contribution in [0.25, 0.3) is 66.1 Å². The minimum Gasteiger partial charge on any atom is -0.455 e. The van der Waals surface area contributed by atoms with Crippen LogP contribution in [0.1, 0.15) is 7.43 Å². The van der Waals surface area contributed by atoms with Crippen molar-refractivity contribution in [2.24, 2.45) is 0 Å². The minimum absolute atomic E-state index is 0. The highest BCUT2D eigenvalue weighted by Gasteiger charge is 2.16. The van der Waals surface area contributed by atoms with Gasteiger partial charge in [-0.05, 0) is 41.5 Å². The topological polar surface area (TPSA) is 26.3 Å². The van der Waals surface area contributed by atoms with Crippen molar-refractivity contribution in [1.29, 1.82) is 0 Å². The van der Waals surface area contributed by atoms with Gasteiger partial charge in [0.25, 0.3) is 0 Å². The summed E-state index contributed by atoms with van der Waals surface area (Å²) in [5.74, 6) is 0. The summed E-state index contributed by atoms with van der Waals surface area (Å²) in [5, 5.41) is 4.53. The summed E-state index contributed by atoms with van der Waals surface area (Å²) in [6, 6.07) is 35.6. The molecule has 2 heterocycles. The quantitative estimate of drug-likeness (QED) is 0.234. The zero-order valence-corrected chi connectivity index (χ0v) is 19.1. The third-order valence-corrected chi connectivity index (χ3v) is 6.79. The Labute approximate surface area is 205 Å². The largest absolute Gasteiger partial charge is 0.455 e. The van der Waals surface area contributed by atoms with Crippen LogP contribution in [-0.2, 0) is 0 Å². The summed E-state index contributed by atoms with van der Waals surface area (Å²) in [4.78, 5) is 0. The Morgan fingerprint density at radius 1 is 0.471 bits per heavy atom. The number of para-hydroxylation sites is 4. The summed E-state index contributed by atoms with van der Waals surface area (Å²) in [6.45, 7) is 0. The third kappa shape index (κ3) is 3.08. The Balaban J connectivity index is 0.00000217. The molecule has 0 spiro atoms. The second kappa shape index (κ2) is 7.89. The summed E-state index contributed by atoms with van der Waals surface area (Å²) in [7, 11) is 0.